The fraction of sp³-hybridized carbons (Fsp3) is 0.208. The molecule has 1 N–H and O–H groups in total. The van der Waals surface area contributed by atoms with Crippen molar-refractivity contribution in [3.8, 4) is 11.3 Å². The third-order valence-corrected chi connectivity index (χ3v) is 5.90. The van der Waals surface area contributed by atoms with E-state index in [1.54, 1.807) is 53.0 Å². The molecule has 0 atom stereocenters. The van der Waals surface area contributed by atoms with Crippen LogP contribution in [0.2, 0.25) is 0 Å². The van der Waals surface area contributed by atoms with E-state index in [9.17, 15) is 14.0 Å². The van der Waals surface area contributed by atoms with Crippen LogP contribution in [0.15, 0.2) is 48.9 Å². The summed E-state index contributed by atoms with van der Waals surface area (Å²) in [5.41, 5.74) is 4.16. The number of hydrogen-bond donors (Lipinski definition) is 1. The number of anilines is 3. The van der Waals surface area contributed by atoms with E-state index < -0.39 is 6.09 Å². The van der Waals surface area contributed by atoms with Crippen LogP contribution in [0.4, 0.5) is 26.4 Å². The van der Waals surface area contributed by atoms with Gasteiger partial charge in [-0.15, -0.1) is 0 Å². The number of amides is 2. The highest BCUT2D eigenvalue weighted by atomic mass is 19.1. The minimum absolute atomic E-state index is 0.242. The Morgan fingerprint density at radius 1 is 1.09 bits per heavy atom. The summed E-state index contributed by atoms with van der Waals surface area (Å²) in [6.07, 6.45) is 4.31. The number of carbonyl (C=O) groups is 2. The molecule has 0 radical (unpaired) electrons. The van der Waals surface area contributed by atoms with Crippen LogP contribution in [0.1, 0.15) is 16.2 Å². The summed E-state index contributed by atoms with van der Waals surface area (Å²) >= 11 is 0. The first kappa shape index (κ1) is 22.3. The molecule has 0 aliphatic carbocycles. The number of halogens is 1. The Hall–Kier alpha value is -4.54. The average Bonchev–Trinajstić information content (AvgIpc) is 3.29. The maximum atomic E-state index is 13.8. The van der Waals surface area contributed by atoms with Crippen molar-refractivity contribution in [2.75, 3.05) is 42.4 Å². The van der Waals surface area contributed by atoms with Crippen LogP contribution in [0.25, 0.3) is 16.9 Å². The van der Waals surface area contributed by atoms with Gasteiger partial charge in [-0.05, 0) is 37.3 Å². The normalized spacial score (nSPS) is 13.0. The molecule has 3 aromatic heterocycles. The fourth-order valence-corrected chi connectivity index (χ4v) is 4.10. The number of nitrogens with one attached hydrogen (secondary N) is 1. The molecule has 5 rings (SSSR count). The molecule has 11 heteroatoms. The zero-order valence-corrected chi connectivity index (χ0v) is 19.3. The molecular formula is C24H22FN7O3. The summed E-state index contributed by atoms with van der Waals surface area (Å²) in [6.45, 7) is 2.80. The second-order valence-corrected chi connectivity index (χ2v) is 8.11. The molecule has 0 unspecified atom stereocenters. The number of benzene rings is 1. The highest BCUT2D eigenvalue weighted by Crippen LogP contribution is 2.34. The number of rotatable bonds is 3. The highest BCUT2D eigenvalue weighted by Gasteiger charge is 2.28. The smallest absolute Gasteiger partial charge is 0.412 e. The van der Waals surface area contributed by atoms with E-state index in [0.717, 1.165) is 5.56 Å². The number of aromatic nitrogens is 4. The van der Waals surface area contributed by atoms with Crippen LogP contribution in [0, 0.1) is 12.7 Å². The number of methoxy groups -OCH3 is 1. The van der Waals surface area contributed by atoms with E-state index in [2.05, 4.69) is 25.0 Å². The van der Waals surface area contributed by atoms with Crippen molar-refractivity contribution >= 4 is 34.8 Å². The Morgan fingerprint density at radius 2 is 1.91 bits per heavy atom. The molecule has 1 aliphatic heterocycles. The van der Waals surface area contributed by atoms with E-state index in [-0.39, 0.29) is 17.4 Å². The maximum Gasteiger partial charge on any atom is 0.412 e. The Morgan fingerprint density at radius 3 is 2.66 bits per heavy atom. The van der Waals surface area contributed by atoms with Crippen LogP contribution in [-0.2, 0) is 4.74 Å². The zero-order valence-electron chi connectivity index (χ0n) is 19.3. The van der Waals surface area contributed by atoms with Crippen molar-refractivity contribution in [3.63, 3.8) is 0 Å². The minimum Gasteiger partial charge on any atom is -0.453 e. The largest absolute Gasteiger partial charge is 0.453 e. The van der Waals surface area contributed by atoms with Crippen molar-refractivity contribution in [2.45, 2.75) is 6.92 Å². The predicted octanol–water partition coefficient (Wildman–Crippen LogP) is 3.51. The van der Waals surface area contributed by atoms with Crippen molar-refractivity contribution < 1.29 is 18.7 Å². The lowest BCUT2D eigenvalue weighted by molar-refractivity contribution is 0.0981. The molecule has 35 heavy (non-hydrogen) atoms. The van der Waals surface area contributed by atoms with E-state index in [1.165, 1.54) is 19.2 Å². The standard InChI is InChI=1S/C24H22FN7O3/c1-14-22-27-12-20(15-4-7-21(26-11-15)29-24(34)35-3)32(22)13-17(28-14)23(33)31-9-8-30(2)19-10-16(25)5-6-18(19)31/h4-7,10-13H,8-9H2,1-3H3,(H,26,29,34). The van der Waals surface area contributed by atoms with Gasteiger partial charge in [-0.2, -0.15) is 0 Å². The Balaban J connectivity index is 1.51. The number of aryl methyl sites for hydroxylation is 1. The lowest BCUT2D eigenvalue weighted by atomic mass is 10.1. The van der Waals surface area contributed by atoms with Crippen LogP contribution in [0.5, 0.6) is 0 Å². The molecule has 0 bridgehead atoms. The summed E-state index contributed by atoms with van der Waals surface area (Å²) in [4.78, 5) is 41.7. The van der Waals surface area contributed by atoms with E-state index in [1.807, 2.05) is 11.9 Å². The maximum absolute atomic E-state index is 13.8. The van der Waals surface area contributed by atoms with Gasteiger partial charge in [0.25, 0.3) is 5.91 Å². The van der Waals surface area contributed by atoms with Gasteiger partial charge in [0, 0.05) is 38.1 Å². The monoisotopic (exact) mass is 475 g/mol. The molecule has 10 nitrogen and oxygen atoms in total. The molecule has 178 valence electrons. The average molecular weight is 475 g/mol. The first-order valence-corrected chi connectivity index (χ1v) is 10.8. The van der Waals surface area contributed by atoms with Gasteiger partial charge in [0.2, 0.25) is 0 Å². The number of pyridine rings is 1. The van der Waals surface area contributed by atoms with Gasteiger partial charge in [0.05, 0.1) is 36.1 Å². The van der Waals surface area contributed by atoms with Gasteiger partial charge in [-0.25, -0.2) is 24.1 Å². The van der Waals surface area contributed by atoms with Crippen molar-refractivity contribution in [2.24, 2.45) is 0 Å². The first-order chi connectivity index (χ1) is 16.9. The van der Waals surface area contributed by atoms with Gasteiger partial charge >= 0.3 is 6.09 Å². The third kappa shape index (κ3) is 4.01. The van der Waals surface area contributed by atoms with Crippen molar-refractivity contribution in [1.29, 1.82) is 0 Å². The molecule has 0 saturated heterocycles. The summed E-state index contributed by atoms with van der Waals surface area (Å²) in [6, 6.07) is 7.81. The van der Waals surface area contributed by atoms with E-state index >= 15 is 0 Å². The summed E-state index contributed by atoms with van der Waals surface area (Å²) in [5, 5.41) is 2.50. The number of carbonyl (C=O) groups excluding carboxylic acids is 2. The lowest BCUT2D eigenvalue weighted by Crippen LogP contribution is -2.43. The number of likely N-dealkylation sites (N-methyl/N-ethyl adjacent to an activating group) is 1. The highest BCUT2D eigenvalue weighted by molar-refractivity contribution is 6.07. The van der Waals surface area contributed by atoms with Crippen LogP contribution in [-0.4, -0.2) is 58.6 Å². The Labute approximate surface area is 200 Å². The van der Waals surface area contributed by atoms with Crippen LogP contribution in [0.3, 0.4) is 0 Å². The summed E-state index contributed by atoms with van der Waals surface area (Å²) in [7, 11) is 3.14. The minimum atomic E-state index is -0.613. The molecule has 4 heterocycles. The lowest BCUT2D eigenvalue weighted by Gasteiger charge is -2.35. The molecular weight excluding hydrogens is 453 g/mol. The number of fused-ring (bicyclic) bond motifs is 2. The SMILES string of the molecule is COC(=O)Nc1ccc(-c2cnc3c(C)nc(C(=O)N4CCN(C)c5cc(F)ccc54)cn23)cn1. The van der Waals surface area contributed by atoms with Gasteiger partial charge in [0.15, 0.2) is 5.65 Å². The van der Waals surface area contributed by atoms with Crippen LogP contribution < -0.4 is 15.1 Å². The quantitative estimate of drug-likeness (QED) is 0.483. The zero-order chi connectivity index (χ0) is 24.7. The topological polar surface area (TPSA) is 105 Å². The molecule has 0 fully saturated rings. The van der Waals surface area contributed by atoms with Gasteiger partial charge in [-0.1, -0.05) is 0 Å². The first-order valence-electron chi connectivity index (χ1n) is 10.8. The fourth-order valence-electron chi connectivity index (χ4n) is 4.10. The Kier molecular flexibility index (Phi) is 5.51. The number of imidazole rings is 1. The molecule has 1 aromatic carbocycles. The number of hydrogen-bond acceptors (Lipinski definition) is 7. The summed E-state index contributed by atoms with van der Waals surface area (Å²) in [5.74, 6) is -0.301. The molecule has 2 amide bonds. The van der Waals surface area contributed by atoms with Gasteiger partial charge in [-0.3, -0.25) is 14.5 Å². The third-order valence-electron chi connectivity index (χ3n) is 5.90. The summed E-state index contributed by atoms with van der Waals surface area (Å²) < 4.78 is 20.2. The number of nitrogens with zero attached hydrogens (tertiary/aromatic N) is 6. The molecule has 1 aliphatic rings. The molecule has 0 spiro atoms. The second-order valence-electron chi connectivity index (χ2n) is 8.11. The second kappa shape index (κ2) is 8.67. The van der Waals surface area contributed by atoms with Crippen LogP contribution >= 0.6 is 0 Å². The van der Waals surface area contributed by atoms with E-state index in [4.69, 9.17) is 0 Å². The van der Waals surface area contributed by atoms with Gasteiger partial charge in [0.1, 0.15) is 17.3 Å². The predicted molar refractivity (Wildman–Crippen MR) is 128 cm³/mol. The van der Waals surface area contributed by atoms with Gasteiger partial charge < -0.3 is 14.5 Å². The number of ether oxygens (including phenoxy) is 1. The molecule has 0 saturated carbocycles. The van der Waals surface area contributed by atoms with Crippen molar-refractivity contribution in [3.05, 3.63) is 66.1 Å². The Bertz CT molecular complexity index is 1450. The van der Waals surface area contributed by atoms with E-state index in [0.29, 0.717) is 47.3 Å². The molecule has 4 aromatic rings. The van der Waals surface area contributed by atoms with Crippen molar-refractivity contribution in [1.82, 2.24) is 19.4 Å².